The van der Waals surface area contributed by atoms with E-state index in [1.165, 1.54) is 17.8 Å². The third-order valence-corrected chi connectivity index (χ3v) is 3.28. The number of rotatable bonds is 7. The van der Waals surface area contributed by atoms with Gasteiger partial charge in [0.05, 0.1) is 6.10 Å². The largest absolute Gasteiger partial charge is 0.377 e. The van der Waals surface area contributed by atoms with Crippen LogP contribution in [0.2, 0.25) is 0 Å². The monoisotopic (exact) mass is 243 g/mol. The maximum Gasteiger partial charge on any atom is 0.136 e. The average Bonchev–Trinajstić information content (AvgIpc) is 2.30. The minimum Gasteiger partial charge on any atom is -0.377 e. The van der Waals surface area contributed by atoms with Crippen molar-refractivity contribution in [2.45, 2.75) is 24.3 Å². The molecule has 90 valence electrons. The standard InChI is InChI=1S/C12H18FNOS/c1-2-15-10(9-14)7-8-16-12-6-4-3-5-11(12)13/h3-6,10H,2,7-9,14H2,1H3. The van der Waals surface area contributed by atoms with Crippen LogP contribution in [-0.4, -0.2) is 25.0 Å². The molecule has 1 aromatic carbocycles. The van der Waals surface area contributed by atoms with Crippen molar-refractivity contribution in [3.05, 3.63) is 30.1 Å². The van der Waals surface area contributed by atoms with E-state index in [0.29, 0.717) is 18.0 Å². The van der Waals surface area contributed by atoms with Crippen LogP contribution in [0.15, 0.2) is 29.2 Å². The number of hydrogen-bond donors (Lipinski definition) is 1. The molecular weight excluding hydrogens is 225 g/mol. The highest BCUT2D eigenvalue weighted by Gasteiger charge is 2.07. The molecule has 1 atom stereocenters. The van der Waals surface area contributed by atoms with Crippen LogP contribution >= 0.6 is 11.8 Å². The van der Waals surface area contributed by atoms with E-state index in [1.807, 2.05) is 13.0 Å². The first-order valence-electron chi connectivity index (χ1n) is 5.47. The minimum atomic E-state index is -0.159. The zero-order valence-electron chi connectivity index (χ0n) is 9.49. The maximum atomic E-state index is 13.3. The summed E-state index contributed by atoms with van der Waals surface area (Å²) in [4.78, 5) is 0.690. The van der Waals surface area contributed by atoms with Crippen LogP contribution in [0.4, 0.5) is 4.39 Å². The molecular formula is C12H18FNOS. The molecule has 0 spiro atoms. The summed E-state index contributed by atoms with van der Waals surface area (Å²) in [5.41, 5.74) is 5.56. The van der Waals surface area contributed by atoms with Crippen LogP contribution in [0, 0.1) is 5.82 Å². The average molecular weight is 243 g/mol. The fourth-order valence-corrected chi connectivity index (χ4v) is 2.35. The van der Waals surface area contributed by atoms with E-state index in [0.717, 1.165) is 12.2 Å². The van der Waals surface area contributed by atoms with E-state index < -0.39 is 0 Å². The number of hydrogen-bond acceptors (Lipinski definition) is 3. The summed E-state index contributed by atoms with van der Waals surface area (Å²) in [6.45, 7) is 3.14. The zero-order chi connectivity index (χ0) is 11.8. The molecule has 1 unspecified atom stereocenters. The van der Waals surface area contributed by atoms with Gasteiger partial charge in [0.1, 0.15) is 5.82 Å². The molecule has 0 fully saturated rings. The molecule has 1 rings (SSSR count). The molecule has 0 radical (unpaired) electrons. The molecule has 0 amide bonds. The van der Waals surface area contributed by atoms with Crippen LogP contribution in [0.1, 0.15) is 13.3 Å². The van der Waals surface area contributed by atoms with Crippen molar-refractivity contribution in [3.8, 4) is 0 Å². The Morgan fingerprint density at radius 2 is 2.19 bits per heavy atom. The van der Waals surface area contributed by atoms with Gasteiger partial charge in [-0.3, -0.25) is 0 Å². The Hall–Kier alpha value is -0.580. The Bertz CT molecular complexity index is 309. The topological polar surface area (TPSA) is 35.2 Å². The van der Waals surface area contributed by atoms with Crippen LogP contribution in [0.25, 0.3) is 0 Å². The molecule has 0 aliphatic carbocycles. The van der Waals surface area contributed by atoms with Gasteiger partial charge in [0, 0.05) is 23.8 Å². The highest BCUT2D eigenvalue weighted by Crippen LogP contribution is 2.22. The molecule has 2 N–H and O–H groups in total. The van der Waals surface area contributed by atoms with E-state index in [2.05, 4.69) is 0 Å². The van der Waals surface area contributed by atoms with Gasteiger partial charge in [-0.1, -0.05) is 12.1 Å². The Labute approximate surface area is 100 Å². The van der Waals surface area contributed by atoms with Crippen molar-refractivity contribution in [2.75, 3.05) is 18.9 Å². The first-order valence-corrected chi connectivity index (χ1v) is 6.45. The van der Waals surface area contributed by atoms with E-state index in [-0.39, 0.29) is 11.9 Å². The van der Waals surface area contributed by atoms with Gasteiger partial charge in [-0.15, -0.1) is 11.8 Å². The second-order valence-corrected chi connectivity index (χ2v) is 4.52. The zero-order valence-corrected chi connectivity index (χ0v) is 10.3. The van der Waals surface area contributed by atoms with Crippen LogP contribution in [0.5, 0.6) is 0 Å². The summed E-state index contributed by atoms with van der Waals surface area (Å²) in [5.74, 6) is 0.663. The van der Waals surface area contributed by atoms with Gasteiger partial charge < -0.3 is 10.5 Å². The summed E-state index contributed by atoms with van der Waals surface area (Å²) >= 11 is 1.51. The summed E-state index contributed by atoms with van der Waals surface area (Å²) in [6, 6.07) is 6.81. The highest BCUT2D eigenvalue weighted by atomic mass is 32.2. The number of benzene rings is 1. The van der Waals surface area contributed by atoms with Crippen LogP contribution in [0.3, 0.4) is 0 Å². The summed E-state index contributed by atoms with van der Waals surface area (Å²) < 4.78 is 18.7. The van der Waals surface area contributed by atoms with E-state index in [1.54, 1.807) is 12.1 Å². The molecule has 4 heteroatoms. The van der Waals surface area contributed by atoms with Gasteiger partial charge in [0.25, 0.3) is 0 Å². The minimum absolute atomic E-state index is 0.0873. The molecule has 0 saturated heterocycles. The van der Waals surface area contributed by atoms with E-state index >= 15 is 0 Å². The molecule has 0 aromatic heterocycles. The summed E-state index contributed by atoms with van der Waals surface area (Å²) in [7, 11) is 0. The van der Waals surface area contributed by atoms with Gasteiger partial charge in [-0.2, -0.15) is 0 Å². The molecule has 0 bridgehead atoms. The summed E-state index contributed by atoms with van der Waals surface area (Å²) in [6.07, 6.45) is 0.938. The lowest BCUT2D eigenvalue weighted by molar-refractivity contribution is 0.0674. The van der Waals surface area contributed by atoms with Crippen molar-refractivity contribution in [1.29, 1.82) is 0 Å². The molecule has 2 nitrogen and oxygen atoms in total. The van der Waals surface area contributed by atoms with Crippen LogP contribution < -0.4 is 5.73 Å². The Morgan fingerprint density at radius 3 is 2.81 bits per heavy atom. The summed E-state index contributed by atoms with van der Waals surface area (Å²) in [5, 5.41) is 0. The fourth-order valence-electron chi connectivity index (χ4n) is 1.37. The lowest BCUT2D eigenvalue weighted by Gasteiger charge is -2.14. The number of ether oxygens (including phenoxy) is 1. The highest BCUT2D eigenvalue weighted by molar-refractivity contribution is 7.99. The number of thioether (sulfide) groups is 1. The molecule has 0 aliphatic rings. The SMILES string of the molecule is CCOC(CN)CCSc1ccccc1F. The van der Waals surface area contributed by atoms with Crippen LogP contribution in [-0.2, 0) is 4.74 Å². The van der Waals surface area contributed by atoms with Crippen molar-refractivity contribution < 1.29 is 9.13 Å². The van der Waals surface area contributed by atoms with Gasteiger partial charge in [-0.05, 0) is 25.5 Å². The van der Waals surface area contributed by atoms with Crippen molar-refractivity contribution in [2.24, 2.45) is 5.73 Å². The van der Waals surface area contributed by atoms with Gasteiger partial charge in [-0.25, -0.2) is 4.39 Å². The van der Waals surface area contributed by atoms with E-state index in [4.69, 9.17) is 10.5 Å². The molecule has 0 saturated carbocycles. The molecule has 0 aliphatic heterocycles. The third-order valence-electron chi connectivity index (χ3n) is 2.20. The Morgan fingerprint density at radius 1 is 1.44 bits per heavy atom. The Balaban J connectivity index is 2.32. The van der Waals surface area contributed by atoms with Gasteiger partial charge in [0.15, 0.2) is 0 Å². The quantitative estimate of drug-likeness (QED) is 0.748. The van der Waals surface area contributed by atoms with E-state index in [9.17, 15) is 4.39 Å². The van der Waals surface area contributed by atoms with Gasteiger partial charge >= 0.3 is 0 Å². The lowest BCUT2D eigenvalue weighted by Crippen LogP contribution is -2.24. The normalized spacial score (nSPS) is 12.7. The van der Waals surface area contributed by atoms with Crippen molar-refractivity contribution in [3.63, 3.8) is 0 Å². The second-order valence-electron chi connectivity index (χ2n) is 3.38. The fraction of sp³-hybridized carbons (Fsp3) is 0.500. The smallest absolute Gasteiger partial charge is 0.136 e. The number of halogens is 1. The third kappa shape index (κ3) is 4.51. The lowest BCUT2D eigenvalue weighted by atomic mass is 10.3. The number of nitrogens with two attached hydrogens (primary N) is 1. The molecule has 1 aromatic rings. The first-order chi connectivity index (χ1) is 7.77. The second kappa shape index (κ2) is 7.65. The molecule has 16 heavy (non-hydrogen) atoms. The van der Waals surface area contributed by atoms with Crippen molar-refractivity contribution >= 4 is 11.8 Å². The predicted molar refractivity (Wildman–Crippen MR) is 66.2 cm³/mol. The Kier molecular flexibility index (Phi) is 6.45. The maximum absolute atomic E-state index is 13.3. The first kappa shape index (κ1) is 13.5. The molecule has 0 heterocycles. The predicted octanol–water partition coefficient (Wildman–Crippen LogP) is 2.67. The van der Waals surface area contributed by atoms with Crippen molar-refractivity contribution in [1.82, 2.24) is 0 Å². The van der Waals surface area contributed by atoms with Gasteiger partial charge in [0.2, 0.25) is 0 Å².